The molecule has 0 bridgehead atoms. The summed E-state index contributed by atoms with van der Waals surface area (Å²) < 4.78 is 0. The summed E-state index contributed by atoms with van der Waals surface area (Å²) >= 11 is 0. The largest absolute Gasteiger partial charge is 0.508 e. The highest BCUT2D eigenvalue weighted by Crippen LogP contribution is 2.29. The van der Waals surface area contributed by atoms with Gasteiger partial charge in [-0.15, -0.1) is 0 Å². The molecule has 1 aliphatic heterocycles. The Morgan fingerprint density at radius 1 is 0.957 bits per heavy atom. The van der Waals surface area contributed by atoms with Gasteiger partial charge >= 0.3 is 0 Å². The molecule has 1 atom stereocenters. The Morgan fingerprint density at radius 2 is 1.61 bits per heavy atom. The summed E-state index contributed by atoms with van der Waals surface area (Å²) in [5.41, 5.74) is 4.03. The topological polar surface area (TPSA) is 43.7 Å². The van der Waals surface area contributed by atoms with E-state index in [1.54, 1.807) is 6.07 Å². The lowest BCUT2D eigenvalue weighted by Crippen LogP contribution is -2.32. The third kappa shape index (κ3) is 3.57. The van der Waals surface area contributed by atoms with Crippen molar-refractivity contribution in [3.05, 3.63) is 53.6 Å². The fourth-order valence-electron chi connectivity index (χ4n) is 3.36. The van der Waals surface area contributed by atoms with Crippen LogP contribution in [0.4, 0.5) is 0 Å². The van der Waals surface area contributed by atoms with Gasteiger partial charge in [0.25, 0.3) is 0 Å². The molecule has 0 aromatic heterocycles. The summed E-state index contributed by atoms with van der Waals surface area (Å²) in [6, 6.07) is 14.5. The number of nitrogens with zero attached hydrogens (tertiary/aromatic N) is 1. The molecule has 0 unspecified atom stereocenters. The molecule has 0 radical (unpaired) electrons. The lowest BCUT2D eigenvalue weighted by Gasteiger charge is -2.32. The van der Waals surface area contributed by atoms with Crippen LogP contribution in [0, 0.1) is 0 Å². The number of hydrogen-bond donors (Lipinski definition) is 2. The van der Waals surface area contributed by atoms with Crippen LogP contribution < -0.4 is 0 Å². The van der Waals surface area contributed by atoms with Gasteiger partial charge in [0.15, 0.2) is 0 Å². The second kappa shape index (κ2) is 7.16. The van der Waals surface area contributed by atoms with Crippen molar-refractivity contribution >= 4 is 0 Å². The Bertz CT molecular complexity index is 645. The first-order valence-corrected chi connectivity index (χ1v) is 8.46. The predicted octanol–water partition coefficient (Wildman–Crippen LogP) is 4.10. The molecule has 1 fully saturated rings. The van der Waals surface area contributed by atoms with Crippen molar-refractivity contribution in [3.63, 3.8) is 0 Å². The Morgan fingerprint density at radius 3 is 2.26 bits per heavy atom. The fraction of sp³-hybridized carbons (Fsp3) is 0.400. The van der Waals surface area contributed by atoms with Crippen LogP contribution in [0.2, 0.25) is 0 Å². The van der Waals surface area contributed by atoms with Crippen LogP contribution in [0.3, 0.4) is 0 Å². The maximum absolute atomic E-state index is 9.68. The Labute approximate surface area is 138 Å². The lowest BCUT2D eigenvalue weighted by molar-refractivity contribution is 0.175. The molecule has 1 heterocycles. The van der Waals surface area contributed by atoms with Crippen molar-refractivity contribution in [3.8, 4) is 16.9 Å². The third-order valence-corrected chi connectivity index (χ3v) is 4.91. The number of aliphatic hydroxyl groups excluding tert-OH is 1. The normalized spacial score (nSPS) is 17.1. The smallest absolute Gasteiger partial charge is 0.121 e. The summed E-state index contributed by atoms with van der Waals surface area (Å²) in [5, 5.41) is 19.0. The van der Waals surface area contributed by atoms with Gasteiger partial charge in [-0.2, -0.15) is 0 Å². The van der Waals surface area contributed by atoms with Crippen molar-refractivity contribution in [2.24, 2.45) is 0 Å². The number of rotatable bonds is 4. The summed E-state index contributed by atoms with van der Waals surface area (Å²) in [5.74, 6) is 0.145. The van der Waals surface area contributed by atoms with Gasteiger partial charge in [-0.3, -0.25) is 4.90 Å². The highest BCUT2D eigenvalue weighted by atomic mass is 16.3. The molecular weight excluding hydrogens is 286 g/mol. The van der Waals surface area contributed by atoms with Gasteiger partial charge in [0.1, 0.15) is 5.75 Å². The molecule has 3 rings (SSSR count). The standard InChI is InChI=1S/C20H25NO2/c1-15(21-11-3-2-4-12-21)16-5-7-17(8-6-16)18-9-10-20(23)19(13-18)14-22/h5-10,13,15,22-23H,2-4,11-12,14H2,1H3/t15-/m0/s1. The van der Waals surface area contributed by atoms with Gasteiger partial charge in [0.05, 0.1) is 6.61 Å². The molecule has 2 aromatic rings. The first-order chi connectivity index (χ1) is 11.2. The second-order valence-corrected chi connectivity index (χ2v) is 6.40. The molecule has 0 spiro atoms. The number of benzene rings is 2. The van der Waals surface area contributed by atoms with Crippen molar-refractivity contribution in [2.45, 2.75) is 38.8 Å². The van der Waals surface area contributed by atoms with E-state index in [0.717, 1.165) is 11.1 Å². The van der Waals surface area contributed by atoms with E-state index in [1.807, 2.05) is 12.1 Å². The van der Waals surface area contributed by atoms with E-state index >= 15 is 0 Å². The minimum absolute atomic E-state index is 0.145. The zero-order valence-electron chi connectivity index (χ0n) is 13.7. The number of hydrogen-bond acceptors (Lipinski definition) is 3. The highest BCUT2D eigenvalue weighted by Gasteiger charge is 2.18. The summed E-state index contributed by atoms with van der Waals surface area (Å²) in [7, 11) is 0. The molecule has 0 amide bonds. The Balaban J connectivity index is 1.78. The average molecular weight is 311 g/mol. The Hall–Kier alpha value is -1.84. The van der Waals surface area contributed by atoms with E-state index < -0.39 is 0 Å². The first-order valence-electron chi connectivity index (χ1n) is 8.46. The van der Waals surface area contributed by atoms with Crippen molar-refractivity contribution < 1.29 is 10.2 Å². The van der Waals surface area contributed by atoms with E-state index in [0.29, 0.717) is 11.6 Å². The highest BCUT2D eigenvalue weighted by molar-refractivity contribution is 5.66. The van der Waals surface area contributed by atoms with E-state index in [9.17, 15) is 10.2 Å². The van der Waals surface area contributed by atoms with Crippen LogP contribution in [0.5, 0.6) is 5.75 Å². The molecule has 3 nitrogen and oxygen atoms in total. The van der Waals surface area contributed by atoms with Crippen LogP contribution >= 0.6 is 0 Å². The summed E-state index contributed by atoms with van der Waals surface area (Å²) in [4.78, 5) is 2.56. The van der Waals surface area contributed by atoms with Crippen LogP contribution in [-0.4, -0.2) is 28.2 Å². The molecule has 3 heteroatoms. The van der Waals surface area contributed by atoms with Crippen molar-refractivity contribution in [1.82, 2.24) is 4.90 Å². The van der Waals surface area contributed by atoms with Crippen molar-refractivity contribution in [1.29, 1.82) is 0 Å². The maximum atomic E-state index is 9.68. The van der Waals surface area contributed by atoms with Crippen molar-refractivity contribution in [2.75, 3.05) is 13.1 Å². The predicted molar refractivity (Wildman–Crippen MR) is 93.3 cm³/mol. The first kappa shape index (κ1) is 16.0. The van der Waals surface area contributed by atoms with E-state index in [2.05, 4.69) is 36.1 Å². The minimum Gasteiger partial charge on any atom is -0.508 e. The number of aliphatic hydroxyl groups is 1. The summed E-state index contributed by atoms with van der Waals surface area (Å²) in [6.45, 7) is 4.52. The van der Waals surface area contributed by atoms with Crippen LogP contribution in [0.15, 0.2) is 42.5 Å². The van der Waals surface area contributed by atoms with E-state index in [-0.39, 0.29) is 12.4 Å². The van der Waals surface area contributed by atoms with E-state index in [4.69, 9.17) is 0 Å². The molecule has 23 heavy (non-hydrogen) atoms. The average Bonchev–Trinajstić information content (AvgIpc) is 2.62. The van der Waals surface area contributed by atoms with Crippen LogP contribution in [0.1, 0.15) is 43.4 Å². The molecule has 0 saturated carbocycles. The number of phenols is 1. The molecule has 2 aromatic carbocycles. The third-order valence-electron chi connectivity index (χ3n) is 4.91. The zero-order valence-corrected chi connectivity index (χ0v) is 13.7. The van der Waals surface area contributed by atoms with Gasteiger partial charge in [-0.05, 0) is 61.7 Å². The van der Waals surface area contributed by atoms with E-state index in [1.165, 1.54) is 37.9 Å². The number of piperidine rings is 1. The van der Waals surface area contributed by atoms with Crippen LogP contribution in [-0.2, 0) is 6.61 Å². The van der Waals surface area contributed by atoms with Gasteiger partial charge in [-0.25, -0.2) is 0 Å². The summed E-state index contributed by atoms with van der Waals surface area (Å²) in [6.07, 6.45) is 3.97. The zero-order chi connectivity index (χ0) is 16.2. The lowest BCUT2D eigenvalue weighted by atomic mass is 9.98. The molecular formula is C20H25NO2. The second-order valence-electron chi connectivity index (χ2n) is 6.40. The molecule has 1 aliphatic rings. The van der Waals surface area contributed by atoms with Gasteiger partial charge in [-0.1, -0.05) is 36.8 Å². The quantitative estimate of drug-likeness (QED) is 0.893. The van der Waals surface area contributed by atoms with Gasteiger partial charge in [0.2, 0.25) is 0 Å². The SMILES string of the molecule is C[C@@H](c1ccc(-c2ccc(O)c(CO)c2)cc1)N1CCCCC1. The van der Waals surface area contributed by atoms with Gasteiger partial charge in [0, 0.05) is 11.6 Å². The number of likely N-dealkylation sites (tertiary alicyclic amines) is 1. The fourth-order valence-corrected chi connectivity index (χ4v) is 3.36. The molecule has 1 saturated heterocycles. The molecule has 0 aliphatic carbocycles. The molecule has 122 valence electrons. The Kier molecular flexibility index (Phi) is 4.99. The monoisotopic (exact) mass is 311 g/mol. The van der Waals surface area contributed by atoms with Crippen LogP contribution in [0.25, 0.3) is 11.1 Å². The number of aromatic hydroxyl groups is 1. The van der Waals surface area contributed by atoms with Gasteiger partial charge < -0.3 is 10.2 Å². The molecule has 2 N–H and O–H groups in total. The maximum Gasteiger partial charge on any atom is 0.121 e. The minimum atomic E-state index is -0.149.